The third-order valence-corrected chi connectivity index (χ3v) is 4.80. The molecule has 3 nitrogen and oxygen atoms in total. The minimum absolute atomic E-state index is 0.151. The van der Waals surface area contributed by atoms with Gasteiger partial charge in [0.25, 0.3) is 0 Å². The van der Waals surface area contributed by atoms with Crippen molar-refractivity contribution in [2.45, 2.75) is 58.4 Å². The molecule has 2 aliphatic heterocycles. The number of piperidine rings is 1. The number of amides is 1. The van der Waals surface area contributed by atoms with Crippen LogP contribution in [0.5, 0.6) is 0 Å². The Labute approximate surface area is 118 Å². The van der Waals surface area contributed by atoms with Gasteiger partial charge in [0.1, 0.15) is 0 Å². The summed E-state index contributed by atoms with van der Waals surface area (Å²) in [5, 5.41) is 0. The lowest BCUT2D eigenvalue weighted by Crippen LogP contribution is -2.45. The largest absolute Gasteiger partial charge is 0.339 e. The predicted octanol–water partition coefficient (Wildman–Crippen LogP) is 2.76. The van der Waals surface area contributed by atoms with E-state index in [-0.39, 0.29) is 5.92 Å². The smallest absolute Gasteiger partial charge is 0.225 e. The van der Waals surface area contributed by atoms with E-state index in [1.54, 1.807) is 0 Å². The van der Waals surface area contributed by atoms with Gasteiger partial charge in [-0.3, -0.25) is 4.79 Å². The fraction of sp³-hybridized carbons (Fsp3) is 0.938. The van der Waals surface area contributed by atoms with Crippen LogP contribution in [0.25, 0.3) is 0 Å². The van der Waals surface area contributed by atoms with Gasteiger partial charge in [0, 0.05) is 25.0 Å². The van der Waals surface area contributed by atoms with Crippen LogP contribution >= 0.6 is 0 Å². The maximum atomic E-state index is 12.3. The van der Waals surface area contributed by atoms with Gasteiger partial charge >= 0.3 is 0 Å². The van der Waals surface area contributed by atoms with Gasteiger partial charge in [-0.1, -0.05) is 13.8 Å². The minimum Gasteiger partial charge on any atom is -0.339 e. The molecular formula is C16H30N2O. The maximum Gasteiger partial charge on any atom is 0.225 e. The Balaban J connectivity index is 1.83. The van der Waals surface area contributed by atoms with Crippen LogP contribution in [0.15, 0.2) is 0 Å². The molecule has 2 fully saturated rings. The molecule has 19 heavy (non-hydrogen) atoms. The number of carbonyl (C=O) groups is 1. The molecule has 1 amide bonds. The van der Waals surface area contributed by atoms with Gasteiger partial charge in [-0.2, -0.15) is 0 Å². The van der Waals surface area contributed by atoms with Crippen molar-refractivity contribution in [3.05, 3.63) is 0 Å². The second-order valence-electron chi connectivity index (χ2n) is 6.83. The first-order valence-corrected chi connectivity index (χ1v) is 8.07. The molecule has 0 aromatic carbocycles. The van der Waals surface area contributed by atoms with Crippen molar-refractivity contribution in [1.82, 2.24) is 9.80 Å². The first-order chi connectivity index (χ1) is 9.08. The Morgan fingerprint density at radius 2 is 1.95 bits per heavy atom. The Morgan fingerprint density at radius 3 is 2.58 bits per heavy atom. The second-order valence-corrected chi connectivity index (χ2v) is 6.83. The summed E-state index contributed by atoms with van der Waals surface area (Å²) in [5.41, 5.74) is 0. The van der Waals surface area contributed by atoms with Gasteiger partial charge in [-0.05, 0) is 58.0 Å². The van der Waals surface area contributed by atoms with Gasteiger partial charge in [0.2, 0.25) is 5.91 Å². The van der Waals surface area contributed by atoms with E-state index >= 15 is 0 Å². The molecule has 0 aromatic heterocycles. The number of rotatable bonds is 4. The average Bonchev–Trinajstić information content (AvgIpc) is 2.81. The molecule has 0 aliphatic carbocycles. The van der Waals surface area contributed by atoms with Crippen molar-refractivity contribution in [2.75, 3.05) is 26.7 Å². The standard InChI is InChI=1S/C16H30N2O/c1-13(2)16(19)18-10-5-4-6-15(18)8-7-14-9-11-17(3)12-14/h13-15H,4-12H2,1-3H3. The summed E-state index contributed by atoms with van der Waals surface area (Å²) in [4.78, 5) is 16.9. The van der Waals surface area contributed by atoms with Crippen molar-refractivity contribution in [2.24, 2.45) is 11.8 Å². The van der Waals surface area contributed by atoms with Crippen LogP contribution in [0.1, 0.15) is 52.4 Å². The summed E-state index contributed by atoms with van der Waals surface area (Å²) in [6, 6.07) is 0.523. The highest BCUT2D eigenvalue weighted by atomic mass is 16.2. The van der Waals surface area contributed by atoms with Crippen LogP contribution in [0.3, 0.4) is 0 Å². The van der Waals surface area contributed by atoms with Gasteiger partial charge in [0.05, 0.1) is 0 Å². The zero-order chi connectivity index (χ0) is 13.8. The monoisotopic (exact) mass is 266 g/mol. The van der Waals surface area contributed by atoms with Gasteiger partial charge in [-0.15, -0.1) is 0 Å². The molecule has 0 spiro atoms. The Bertz CT molecular complexity index is 303. The van der Waals surface area contributed by atoms with Crippen LogP contribution in [0, 0.1) is 11.8 Å². The van der Waals surface area contributed by atoms with Crippen LogP contribution in [0.4, 0.5) is 0 Å². The number of hydrogen-bond acceptors (Lipinski definition) is 2. The molecule has 0 bridgehead atoms. The van der Waals surface area contributed by atoms with Crippen molar-refractivity contribution in [3.63, 3.8) is 0 Å². The topological polar surface area (TPSA) is 23.6 Å². The number of carbonyl (C=O) groups excluding carboxylic acids is 1. The lowest BCUT2D eigenvalue weighted by Gasteiger charge is -2.37. The Hall–Kier alpha value is -0.570. The summed E-state index contributed by atoms with van der Waals surface area (Å²) < 4.78 is 0. The summed E-state index contributed by atoms with van der Waals surface area (Å²) in [6.07, 6.45) is 7.59. The van der Waals surface area contributed by atoms with E-state index in [1.807, 2.05) is 13.8 Å². The molecule has 110 valence electrons. The third-order valence-electron chi connectivity index (χ3n) is 4.80. The highest BCUT2D eigenvalue weighted by Crippen LogP contribution is 2.27. The zero-order valence-corrected chi connectivity index (χ0v) is 12.9. The van der Waals surface area contributed by atoms with E-state index in [0.29, 0.717) is 11.9 Å². The molecule has 0 radical (unpaired) electrons. The highest BCUT2D eigenvalue weighted by molar-refractivity contribution is 5.78. The summed E-state index contributed by atoms with van der Waals surface area (Å²) in [7, 11) is 2.22. The van der Waals surface area contributed by atoms with Crippen molar-refractivity contribution in [1.29, 1.82) is 0 Å². The Kier molecular flexibility index (Phi) is 5.26. The van der Waals surface area contributed by atoms with E-state index in [1.165, 1.54) is 51.6 Å². The highest BCUT2D eigenvalue weighted by Gasteiger charge is 2.29. The van der Waals surface area contributed by atoms with Crippen LogP contribution < -0.4 is 0 Å². The van der Waals surface area contributed by atoms with Crippen LogP contribution in [-0.2, 0) is 4.79 Å². The summed E-state index contributed by atoms with van der Waals surface area (Å²) in [6.45, 7) is 7.56. The fourth-order valence-corrected chi connectivity index (χ4v) is 3.61. The summed E-state index contributed by atoms with van der Waals surface area (Å²) in [5.74, 6) is 1.38. The van der Waals surface area contributed by atoms with Crippen molar-refractivity contribution in [3.8, 4) is 0 Å². The van der Waals surface area contributed by atoms with E-state index < -0.39 is 0 Å². The normalized spacial score (nSPS) is 29.2. The van der Waals surface area contributed by atoms with Crippen molar-refractivity contribution < 1.29 is 4.79 Å². The second kappa shape index (κ2) is 6.74. The molecule has 0 N–H and O–H groups in total. The molecule has 2 saturated heterocycles. The number of likely N-dealkylation sites (tertiary alicyclic amines) is 2. The minimum atomic E-state index is 0.151. The van der Waals surface area contributed by atoms with Gasteiger partial charge in [0.15, 0.2) is 0 Å². The quantitative estimate of drug-likeness (QED) is 0.781. The molecule has 3 heteroatoms. The van der Waals surface area contributed by atoms with Gasteiger partial charge in [-0.25, -0.2) is 0 Å². The fourth-order valence-electron chi connectivity index (χ4n) is 3.61. The molecule has 0 aromatic rings. The first-order valence-electron chi connectivity index (χ1n) is 8.07. The van der Waals surface area contributed by atoms with E-state index in [0.717, 1.165) is 12.5 Å². The van der Waals surface area contributed by atoms with Gasteiger partial charge < -0.3 is 9.80 Å². The lowest BCUT2D eigenvalue weighted by molar-refractivity contribution is -0.138. The number of hydrogen-bond donors (Lipinski definition) is 0. The average molecular weight is 266 g/mol. The first kappa shape index (κ1) is 14.8. The number of nitrogens with zero attached hydrogens (tertiary/aromatic N) is 2. The maximum absolute atomic E-state index is 12.3. The van der Waals surface area contributed by atoms with E-state index in [9.17, 15) is 4.79 Å². The molecule has 2 aliphatic rings. The van der Waals surface area contributed by atoms with E-state index in [4.69, 9.17) is 0 Å². The van der Waals surface area contributed by atoms with E-state index in [2.05, 4.69) is 16.8 Å². The Morgan fingerprint density at radius 1 is 1.16 bits per heavy atom. The summed E-state index contributed by atoms with van der Waals surface area (Å²) >= 11 is 0. The lowest BCUT2D eigenvalue weighted by atomic mass is 9.92. The SMILES string of the molecule is CC(C)C(=O)N1CCCCC1CCC1CCN(C)C1. The molecule has 2 atom stereocenters. The van der Waals surface area contributed by atoms with Crippen molar-refractivity contribution >= 4 is 5.91 Å². The predicted molar refractivity (Wildman–Crippen MR) is 79.0 cm³/mol. The molecular weight excluding hydrogens is 236 g/mol. The van der Waals surface area contributed by atoms with Crippen LogP contribution in [0.2, 0.25) is 0 Å². The third kappa shape index (κ3) is 3.95. The molecule has 0 saturated carbocycles. The van der Waals surface area contributed by atoms with Crippen LogP contribution in [-0.4, -0.2) is 48.4 Å². The zero-order valence-electron chi connectivity index (χ0n) is 12.9. The molecule has 2 heterocycles. The molecule has 2 rings (SSSR count). The molecule has 2 unspecified atom stereocenters.